The predicted octanol–water partition coefficient (Wildman–Crippen LogP) is 5.92. The van der Waals surface area contributed by atoms with Crippen LogP contribution in [0.2, 0.25) is 19.6 Å². The summed E-state index contributed by atoms with van der Waals surface area (Å²) in [4.78, 5) is 0. The minimum Gasteiger partial charge on any atom is -0.201 e. The van der Waals surface area contributed by atoms with Crippen molar-refractivity contribution in [3.05, 3.63) is 47.2 Å². The molecule has 0 saturated heterocycles. The summed E-state index contributed by atoms with van der Waals surface area (Å²) in [6.07, 6.45) is 3.55. The number of pyridine rings is 1. The lowest BCUT2D eigenvalue weighted by Crippen LogP contribution is -2.47. The van der Waals surface area contributed by atoms with Gasteiger partial charge >= 0.3 is 0 Å². The molecule has 0 radical (unpaired) electrons. The first kappa shape index (κ1) is 21.9. The average molecular weight is 383 g/mol. The summed E-state index contributed by atoms with van der Waals surface area (Å²) in [5.74, 6) is 0. The van der Waals surface area contributed by atoms with Gasteiger partial charge < -0.3 is 0 Å². The molecule has 0 unspecified atom stereocenters. The van der Waals surface area contributed by atoms with Crippen LogP contribution in [0.3, 0.4) is 0 Å². The van der Waals surface area contributed by atoms with Gasteiger partial charge in [-0.1, -0.05) is 73.3 Å². The SMILES string of the molecule is Cc1ccc(C(C)(C)C)cc1-c1cc(CC(C)(C)C)c([Si](C)(C)C)c[n+]1C. The summed E-state index contributed by atoms with van der Waals surface area (Å²) in [5.41, 5.74) is 7.43. The van der Waals surface area contributed by atoms with Crippen LogP contribution in [0.1, 0.15) is 58.2 Å². The van der Waals surface area contributed by atoms with Crippen LogP contribution in [0.5, 0.6) is 0 Å². The standard InChI is InChI=1S/C25H40NSi/c1-18-12-13-20(25(5,6)7)15-21(18)22-14-19(16-24(2,3)4)23(17-26(22)8)27(9,10)11/h12-15,17H,16H2,1-11H3/q+1. The molecule has 1 aromatic heterocycles. The maximum atomic E-state index is 2.48. The van der Waals surface area contributed by atoms with Crippen LogP contribution in [-0.4, -0.2) is 8.07 Å². The smallest absolute Gasteiger partial charge is 0.201 e. The number of benzene rings is 1. The molecule has 0 fully saturated rings. The maximum absolute atomic E-state index is 2.48. The molecule has 1 nitrogen and oxygen atoms in total. The van der Waals surface area contributed by atoms with Gasteiger partial charge in [0.2, 0.25) is 5.69 Å². The van der Waals surface area contributed by atoms with Crippen molar-refractivity contribution in [2.45, 2.75) is 79.9 Å². The molecule has 0 spiro atoms. The number of aromatic nitrogens is 1. The van der Waals surface area contributed by atoms with Crippen molar-refractivity contribution in [2.75, 3.05) is 0 Å². The topological polar surface area (TPSA) is 3.88 Å². The molecule has 0 aliphatic rings. The first-order chi connectivity index (χ1) is 12.1. The molecule has 1 heterocycles. The Morgan fingerprint density at radius 1 is 0.926 bits per heavy atom. The van der Waals surface area contributed by atoms with Crippen LogP contribution in [-0.2, 0) is 18.9 Å². The van der Waals surface area contributed by atoms with Crippen LogP contribution < -0.4 is 9.75 Å². The molecule has 148 valence electrons. The minimum atomic E-state index is -1.41. The number of nitrogens with zero attached hydrogens (tertiary/aromatic N) is 1. The number of aryl methyl sites for hydroxylation is 2. The Balaban J connectivity index is 2.74. The van der Waals surface area contributed by atoms with Gasteiger partial charge in [0.1, 0.15) is 7.05 Å². The van der Waals surface area contributed by atoms with E-state index in [2.05, 4.69) is 110 Å². The Kier molecular flexibility index (Phi) is 5.84. The van der Waals surface area contributed by atoms with Crippen LogP contribution in [0.25, 0.3) is 11.3 Å². The highest BCUT2D eigenvalue weighted by Gasteiger charge is 2.28. The van der Waals surface area contributed by atoms with Gasteiger partial charge in [-0.15, -0.1) is 0 Å². The van der Waals surface area contributed by atoms with Gasteiger partial charge in [-0.05, 0) is 46.9 Å². The minimum absolute atomic E-state index is 0.160. The zero-order valence-corrected chi connectivity index (χ0v) is 20.5. The normalized spacial score (nSPS) is 13.1. The fourth-order valence-electron chi connectivity index (χ4n) is 3.72. The molecular formula is C25H40NSi+. The Morgan fingerprint density at radius 2 is 1.52 bits per heavy atom. The second kappa shape index (κ2) is 7.20. The summed E-state index contributed by atoms with van der Waals surface area (Å²) >= 11 is 0. The van der Waals surface area contributed by atoms with Gasteiger partial charge in [0.15, 0.2) is 6.20 Å². The zero-order valence-electron chi connectivity index (χ0n) is 19.5. The first-order valence-corrected chi connectivity index (χ1v) is 13.7. The first-order valence-electron chi connectivity index (χ1n) is 10.2. The van der Waals surface area contributed by atoms with E-state index in [-0.39, 0.29) is 10.8 Å². The maximum Gasteiger partial charge on any atom is 0.212 e. The van der Waals surface area contributed by atoms with Gasteiger partial charge in [0.25, 0.3) is 0 Å². The molecule has 0 aliphatic heterocycles. The lowest BCUT2D eigenvalue weighted by molar-refractivity contribution is -0.659. The number of rotatable bonds is 3. The fourth-order valence-corrected chi connectivity index (χ4v) is 5.42. The third-order valence-corrected chi connectivity index (χ3v) is 7.33. The van der Waals surface area contributed by atoms with Crippen LogP contribution in [0.15, 0.2) is 30.5 Å². The van der Waals surface area contributed by atoms with E-state index in [1.54, 1.807) is 5.19 Å². The van der Waals surface area contributed by atoms with Crippen molar-refractivity contribution in [2.24, 2.45) is 12.5 Å². The lowest BCUT2D eigenvalue weighted by atomic mass is 9.84. The molecule has 0 amide bonds. The number of hydrogen-bond donors (Lipinski definition) is 0. The molecular weight excluding hydrogens is 342 g/mol. The summed E-state index contributed by atoms with van der Waals surface area (Å²) in [5, 5.41) is 1.59. The van der Waals surface area contributed by atoms with E-state index in [4.69, 9.17) is 0 Å². The van der Waals surface area contributed by atoms with Crippen LogP contribution in [0, 0.1) is 12.3 Å². The van der Waals surface area contributed by atoms with Crippen molar-refractivity contribution in [3.8, 4) is 11.3 Å². The van der Waals surface area contributed by atoms with Crippen molar-refractivity contribution in [1.29, 1.82) is 0 Å². The highest BCUT2D eigenvalue weighted by atomic mass is 28.3. The quantitative estimate of drug-likeness (QED) is 0.458. The van der Waals surface area contributed by atoms with Crippen molar-refractivity contribution < 1.29 is 4.57 Å². The third-order valence-electron chi connectivity index (χ3n) is 5.27. The summed E-state index contributed by atoms with van der Waals surface area (Å²) < 4.78 is 2.36. The summed E-state index contributed by atoms with van der Waals surface area (Å²) in [6.45, 7) is 23.5. The fraction of sp³-hybridized carbons (Fsp3) is 0.560. The molecule has 0 N–H and O–H groups in total. The third kappa shape index (κ3) is 5.31. The van der Waals surface area contributed by atoms with Gasteiger partial charge in [0, 0.05) is 16.8 Å². The molecule has 0 aliphatic carbocycles. The molecule has 2 aromatic rings. The zero-order chi connectivity index (χ0) is 20.8. The van der Waals surface area contributed by atoms with Crippen LogP contribution in [0.4, 0.5) is 0 Å². The highest BCUT2D eigenvalue weighted by molar-refractivity contribution is 6.88. The Morgan fingerprint density at radius 3 is 2.00 bits per heavy atom. The monoisotopic (exact) mass is 382 g/mol. The average Bonchev–Trinajstić information content (AvgIpc) is 2.45. The van der Waals surface area contributed by atoms with E-state index in [0.29, 0.717) is 0 Å². The Hall–Kier alpha value is -1.41. The van der Waals surface area contributed by atoms with Gasteiger partial charge in [-0.2, -0.15) is 0 Å². The second-order valence-electron chi connectivity index (χ2n) is 11.5. The molecule has 0 atom stereocenters. The van der Waals surface area contributed by atoms with Gasteiger partial charge in [-0.25, -0.2) is 4.57 Å². The highest BCUT2D eigenvalue weighted by Crippen LogP contribution is 2.30. The second-order valence-corrected chi connectivity index (χ2v) is 16.5. The van der Waals surface area contributed by atoms with E-state index < -0.39 is 8.07 Å². The van der Waals surface area contributed by atoms with E-state index in [0.717, 1.165) is 6.42 Å². The van der Waals surface area contributed by atoms with Crippen LogP contribution >= 0.6 is 0 Å². The molecule has 2 rings (SSSR count). The van der Waals surface area contributed by atoms with E-state index in [1.807, 2.05) is 0 Å². The van der Waals surface area contributed by atoms with Gasteiger partial charge in [0.05, 0.1) is 8.07 Å². The molecule has 0 saturated carbocycles. The Labute approximate surface area is 168 Å². The molecule has 0 bridgehead atoms. The van der Waals surface area contributed by atoms with E-state index in [1.165, 1.54) is 27.9 Å². The van der Waals surface area contributed by atoms with Crippen molar-refractivity contribution >= 4 is 13.3 Å². The largest absolute Gasteiger partial charge is 0.212 e. The van der Waals surface area contributed by atoms with E-state index in [9.17, 15) is 0 Å². The van der Waals surface area contributed by atoms with Gasteiger partial charge in [-0.3, -0.25) is 0 Å². The summed E-state index contributed by atoms with van der Waals surface area (Å²) in [6, 6.07) is 9.45. The summed E-state index contributed by atoms with van der Waals surface area (Å²) in [7, 11) is 0.803. The molecule has 1 aromatic carbocycles. The Bertz CT molecular complexity index is 827. The van der Waals surface area contributed by atoms with Crippen molar-refractivity contribution in [3.63, 3.8) is 0 Å². The number of hydrogen-bond acceptors (Lipinski definition) is 0. The molecule has 27 heavy (non-hydrogen) atoms. The predicted molar refractivity (Wildman–Crippen MR) is 123 cm³/mol. The lowest BCUT2D eigenvalue weighted by Gasteiger charge is -2.25. The van der Waals surface area contributed by atoms with E-state index >= 15 is 0 Å². The van der Waals surface area contributed by atoms with Crippen molar-refractivity contribution in [1.82, 2.24) is 0 Å². The molecule has 2 heteroatoms.